The highest BCUT2D eigenvalue weighted by Crippen LogP contribution is 2.28. The molecular formula is C11H15F3N4O. The number of rotatable bonds is 3. The van der Waals surface area contributed by atoms with E-state index in [1.54, 1.807) is 0 Å². The summed E-state index contributed by atoms with van der Waals surface area (Å²) in [5.41, 5.74) is 4.88. The second-order valence-corrected chi connectivity index (χ2v) is 4.48. The number of alkyl halides is 3. The number of hydrogen-bond acceptors (Lipinski definition) is 4. The second-order valence-electron chi connectivity index (χ2n) is 4.48. The molecule has 1 aromatic heterocycles. The molecule has 0 aromatic carbocycles. The van der Waals surface area contributed by atoms with Crippen molar-refractivity contribution in [3.05, 3.63) is 22.6 Å². The van der Waals surface area contributed by atoms with Gasteiger partial charge in [0.1, 0.15) is 0 Å². The van der Waals surface area contributed by atoms with Crippen LogP contribution in [0.5, 0.6) is 0 Å². The van der Waals surface area contributed by atoms with Gasteiger partial charge >= 0.3 is 6.18 Å². The minimum atomic E-state index is -4.58. The second kappa shape index (κ2) is 5.20. The van der Waals surface area contributed by atoms with Crippen LogP contribution in [0.4, 0.5) is 18.9 Å². The van der Waals surface area contributed by atoms with Crippen LogP contribution in [0, 0.1) is 0 Å². The molecule has 106 valence electrons. The lowest BCUT2D eigenvalue weighted by molar-refractivity contribution is -0.168. The summed E-state index contributed by atoms with van der Waals surface area (Å²) in [5, 5.41) is 3.62. The van der Waals surface area contributed by atoms with Crippen LogP contribution in [0.1, 0.15) is 18.9 Å². The third-order valence-electron chi connectivity index (χ3n) is 3.18. The van der Waals surface area contributed by atoms with E-state index in [9.17, 15) is 18.0 Å². The minimum Gasteiger partial charge on any atom is -0.370 e. The summed E-state index contributed by atoms with van der Waals surface area (Å²) in [6.45, 7) is 0.884. The molecule has 0 bridgehead atoms. The number of nitrogens with two attached hydrogens (primary N) is 1. The van der Waals surface area contributed by atoms with Gasteiger partial charge in [0.05, 0.1) is 11.9 Å². The predicted octanol–water partition coefficient (Wildman–Crippen LogP) is 0.906. The van der Waals surface area contributed by atoms with E-state index in [2.05, 4.69) is 5.10 Å². The van der Waals surface area contributed by atoms with Gasteiger partial charge in [0.25, 0.3) is 5.56 Å². The molecule has 1 saturated heterocycles. The fraction of sp³-hybridized carbons (Fsp3) is 0.636. The molecule has 8 heteroatoms. The van der Waals surface area contributed by atoms with Crippen LogP contribution in [-0.2, 0) is 0 Å². The van der Waals surface area contributed by atoms with Gasteiger partial charge in [-0.05, 0) is 12.8 Å². The predicted molar refractivity (Wildman–Crippen MR) is 64.1 cm³/mol. The van der Waals surface area contributed by atoms with Gasteiger partial charge in [0.2, 0.25) is 0 Å². The van der Waals surface area contributed by atoms with E-state index in [1.165, 1.54) is 12.3 Å². The van der Waals surface area contributed by atoms with E-state index in [0.29, 0.717) is 10.4 Å². The zero-order valence-electron chi connectivity index (χ0n) is 10.2. The maximum absolute atomic E-state index is 12.7. The summed E-state index contributed by atoms with van der Waals surface area (Å²) < 4.78 is 38.5. The molecule has 2 N–H and O–H groups in total. The normalized spacial score (nSPS) is 17.8. The first-order valence-corrected chi connectivity index (χ1v) is 6.04. The van der Waals surface area contributed by atoms with Gasteiger partial charge in [-0.15, -0.1) is 0 Å². The Morgan fingerprint density at radius 2 is 2.00 bits per heavy atom. The highest BCUT2D eigenvalue weighted by Gasteiger charge is 2.41. The summed E-state index contributed by atoms with van der Waals surface area (Å²) in [5.74, 6) is 0. The highest BCUT2D eigenvalue weighted by molar-refractivity contribution is 5.43. The average molecular weight is 276 g/mol. The maximum Gasteiger partial charge on any atom is 0.412 e. The van der Waals surface area contributed by atoms with E-state index in [1.807, 2.05) is 4.90 Å². The van der Waals surface area contributed by atoms with Crippen LogP contribution in [0.2, 0.25) is 0 Å². The first kappa shape index (κ1) is 13.9. The molecule has 0 saturated carbocycles. The summed E-state index contributed by atoms with van der Waals surface area (Å²) >= 11 is 0. The summed E-state index contributed by atoms with van der Waals surface area (Å²) in [7, 11) is 0. The summed E-state index contributed by atoms with van der Waals surface area (Å²) in [6.07, 6.45) is -1.27. The number of anilines is 1. The third-order valence-corrected chi connectivity index (χ3v) is 3.18. The van der Waals surface area contributed by atoms with Crippen LogP contribution in [0.3, 0.4) is 0 Å². The van der Waals surface area contributed by atoms with Crippen LogP contribution < -0.4 is 16.2 Å². The zero-order valence-corrected chi connectivity index (χ0v) is 10.2. The van der Waals surface area contributed by atoms with Crippen molar-refractivity contribution in [2.45, 2.75) is 25.1 Å². The van der Waals surface area contributed by atoms with E-state index >= 15 is 0 Å². The van der Waals surface area contributed by atoms with Crippen molar-refractivity contribution in [2.24, 2.45) is 5.73 Å². The summed E-state index contributed by atoms with van der Waals surface area (Å²) in [6, 6.07) is -0.889. The first-order valence-electron chi connectivity index (χ1n) is 6.04. The topological polar surface area (TPSA) is 64.2 Å². The van der Waals surface area contributed by atoms with Crippen molar-refractivity contribution in [2.75, 3.05) is 24.5 Å². The molecule has 1 aromatic rings. The molecule has 1 fully saturated rings. The Morgan fingerprint density at radius 1 is 1.37 bits per heavy atom. The van der Waals surface area contributed by atoms with Gasteiger partial charge in [-0.2, -0.15) is 18.3 Å². The molecule has 1 aliphatic heterocycles. The summed E-state index contributed by atoms with van der Waals surface area (Å²) in [4.78, 5) is 13.7. The Labute approximate surface area is 107 Å². The van der Waals surface area contributed by atoms with E-state index in [0.717, 1.165) is 25.9 Å². The Hall–Kier alpha value is -1.57. The Kier molecular flexibility index (Phi) is 3.79. The van der Waals surface area contributed by atoms with Crippen molar-refractivity contribution >= 4 is 5.69 Å². The number of halogens is 3. The fourth-order valence-electron chi connectivity index (χ4n) is 2.16. The monoisotopic (exact) mass is 276 g/mol. The number of nitrogens with zero attached hydrogens (tertiary/aromatic N) is 3. The minimum absolute atomic E-state index is 0.402. The van der Waals surface area contributed by atoms with E-state index < -0.39 is 24.3 Å². The Balaban J connectivity index is 2.31. The molecule has 2 heterocycles. The largest absolute Gasteiger partial charge is 0.412 e. The molecule has 0 radical (unpaired) electrons. The van der Waals surface area contributed by atoms with Crippen molar-refractivity contribution in [1.82, 2.24) is 9.78 Å². The molecule has 1 aliphatic rings. The first-order chi connectivity index (χ1) is 8.93. The zero-order chi connectivity index (χ0) is 14.0. The van der Waals surface area contributed by atoms with E-state index in [4.69, 9.17) is 5.73 Å². The SMILES string of the molecule is NCC(n1ncc(N2CCCC2)cc1=O)C(F)(F)F. The molecule has 0 spiro atoms. The van der Waals surface area contributed by atoms with Crippen molar-refractivity contribution < 1.29 is 13.2 Å². The van der Waals surface area contributed by atoms with Crippen LogP contribution >= 0.6 is 0 Å². The van der Waals surface area contributed by atoms with Gasteiger partial charge < -0.3 is 10.6 Å². The van der Waals surface area contributed by atoms with Crippen LogP contribution in [-0.4, -0.2) is 35.6 Å². The van der Waals surface area contributed by atoms with Gasteiger partial charge in [-0.3, -0.25) is 4.79 Å². The third kappa shape index (κ3) is 2.89. The smallest absolute Gasteiger partial charge is 0.370 e. The van der Waals surface area contributed by atoms with Crippen molar-refractivity contribution in [3.63, 3.8) is 0 Å². The van der Waals surface area contributed by atoms with Crippen LogP contribution in [0.15, 0.2) is 17.1 Å². The number of hydrogen-bond donors (Lipinski definition) is 1. The standard InChI is InChI=1S/C11H15F3N4O/c12-11(13,14)9(6-15)18-10(19)5-8(7-16-18)17-3-1-2-4-17/h5,7,9H,1-4,6,15H2. The van der Waals surface area contributed by atoms with Crippen molar-refractivity contribution in [3.8, 4) is 0 Å². The Bertz CT molecular complexity index is 493. The molecule has 0 aliphatic carbocycles. The highest BCUT2D eigenvalue weighted by atomic mass is 19.4. The molecule has 0 amide bonds. The van der Waals surface area contributed by atoms with Gasteiger partial charge in [-0.1, -0.05) is 0 Å². The fourth-order valence-corrected chi connectivity index (χ4v) is 2.16. The lowest BCUT2D eigenvalue weighted by atomic mass is 10.3. The lowest BCUT2D eigenvalue weighted by Gasteiger charge is -2.21. The van der Waals surface area contributed by atoms with Gasteiger partial charge in [0, 0.05) is 25.7 Å². The van der Waals surface area contributed by atoms with Gasteiger partial charge in [-0.25, -0.2) is 4.68 Å². The van der Waals surface area contributed by atoms with Crippen molar-refractivity contribution in [1.29, 1.82) is 0 Å². The van der Waals surface area contributed by atoms with Crippen LogP contribution in [0.25, 0.3) is 0 Å². The molecule has 19 heavy (non-hydrogen) atoms. The Morgan fingerprint density at radius 3 is 2.47 bits per heavy atom. The van der Waals surface area contributed by atoms with Gasteiger partial charge in [0.15, 0.2) is 6.04 Å². The average Bonchev–Trinajstić information content (AvgIpc) is 2.84. The maximum atomic E-state index is 12.7. The molecule has 5 nitrogen and oxygen atoms in total. The molecule has 1 atom stereocenters. The lowest BCUT2D eigenvalue weighted by Crippen LogP contribution is -2.40. The number of aromatic nitrogens is 2. The molecule has 2 rings (SSSR count). The molecular weight excluding hydrogens is 261 g/mol. The van der Waals surface area contributed by atoms with E-state index in [-0.39, 0.29) is 0 Å². The quantitative estimate of drug-likeness (QED) is 0.891. The molecule has 1 unspecified atom stereocenters.